The molecule has 35 heavy (non-hydrogen) atoms. The van der Waals surface area contributed by atoms with Crippen LogP contribution >= 0.6 is 0 Å². The van der Waals surface area contributed by atoms with Crippen LogP contribution in [0.15, 0.2) is 53.3 Å². The third kappa shape index (κ3) is 5.58. The number of aromatic nitrogens is 6. The Hall–Kier alpha value is -3.55. The Bertz CT molecular complexity index is 1300. The first-order valence-electron chi connectivity index (χ1n) is 12.2. The summed E-state index contributed by atoms with van der Waals surface area (Å²) in [6.07, 6.45) is 2.14. The highest BCUT2D eigenvalue weighted by atomic mass is 19.1. The Morgan fingerprint density at radius 3 is 2.23 bits per heavy atom. The predicted molar refractivity (Wildman–Crippen MR) is 135 cm³/mol. The molecule has 8 heteroatoms. The van der Waals surface area contributed by atoms with Gasteiger partial charge in [-0.1, -0.05) is 76.2 Å². The van der Waals surface area contributed by atoms with E-state index in [0.29, 0.717) is 42.9 Å². The van der Waals surface area contributed by atoms with Crippen LogP contribution in [0.2, 0.25) is 0 Å². The normalized spacial score (nSPS) is 11.6. The Morgan fingerprint density at radius 1 is 0.914 bits per heavy atom. The van der Waals surface area contributed by atoms with Gasteiger partial charge in [0.05, 0.1) is 12.2 Å². The molecule has 0 radical (unpaired) electrons. The highest BCUT2D eigenvalue weighted by Crippen LogP contribution is 2.30. The molecule has 0 bridgehead atoms. The molecule has 2 heterocycles. The van der Waals surface area contributed by atoms with E-state index >= 15 is 4.39 Å². The quantitative estimate of drug-likeness (QED) is 0.336. The molecule has 0 atom stereocenters. The van der Waals surface area contributed by atoms with Crippen LogP contribution in [0.5, 0.6) is 0 Å². The fraction of sp³-hybridized carbons (Fsp3) is 0.407. The number of benzene rings is 2. The summed E-state index contributed by atoms with van der Waals surface area (Å²) in [6.45, 7) is 9.13. The number of aromatic amines is 1. The van der Waals surface area contributed by atoms with E-state index in [2.05, 4.69) is 48.3 Å². The second-order valence-electron chi connectivity index (χ2n) is 9.87. The van der Waals surface area contributed by atoms with Gasteiger partial charge in [0.1, 0.15) is 0 Å². The average Bonchev–Trinajstić information content (AvgIpc) is 3.45. The first-order valence-corrected chi connectivity index (χ1v) is 12.2. The molecule has 0 aliphatic carbocycles. The molecule has 4 aromatic rings. The molecule has 2 aromatic heterocycles. The van der Waals surface area contributed by atoms with Gasteiger partial charge in [-0.2, -0.15) is 4.39 Å². The summed E-state index contributed by atoms with van der Waals surface area (Å²) in [4.78, 5) is 13.2. The van der Waals surface area contributed by atoms with Gasteiger partial charge in [0, 0.05) is 12.1 Å². The molecule has 0 amide bonds. The van der Waals surface area contributed by atoms with Gasteiger partial charge in [0.15, 0.2) is 5.82 Å². The number of tetrazole rings is 1. The minimum Gasteiger partial charge on any atom is -0.289 e. The fourth-order valence-corrected chi connectivity index (χ4v) is 4.21. The van der Waals surface area contributed by atoms with E-state index in [1.54, 1.807) is 4.57 Å². The highest BCUT2D eigenvalue weighted by molar-refractivity contribution is 5.80. The zero-order chi connectivity index (χ0) is 24.9. The van der Waals surface area contributed by atoms with E-state index in [1.165, 1.54) is 4.57 Å². The first kappa shape index (κ1) is 24.6. The zero-order valence-corrected chi connectivity index (χ0v) is 20.8. The summed E-state index contributed by atoms with van der Waals surface area (Å²) in [5.74, 6) is 1.04. The Labute approximate surface area is 205 Å². The Balaban J connectivity index is 1.63. The van der Waals surface area contributed by atoms with Crippen molar-refractivity contribution in [2.45, 2.75) is 60.0 Å². The number of rotatable bonds is 10. The second kappa shape index (κ2) is 10.8. The van der Waals surface area contributed by atoms with Crippen LogP contribution in [0.4, 0.5) is 4.39 Å². The smallest absolute Gasteiger partial charge is 0.289 e. The van der Waals surface area contributed by atoms with E-state index < -0.39 is 0 Å². The third-order valence-corrected chi connectivity index (χ3v) is 6.28. The summed E-state index contributed by atoms with van der Waals surface area (Å²) < 4.78 is 18.3. The van der Waals surface area contributed by atoms with Gasteiger partial charge < -0.3 is 0 Å². The van der Waals surface area contributed by atoms with Crippen molar-refractivity contribution in [1.29, 1.82) is 0 Å². The number of hydrogen-bond acceptors (Lipinski definition) is 4. The van der Waals surface area contributed by atoms with Crippen LogP contribution in [-0.2, 0) is 19.5 Å². The van der Waals surface area contributed by atoms with E-state index in [-0.39, 0.29) is 11.6 Å². The summed E-state index contributed by atoms with van der Waals surface area (Å²) >= 11 is 0. The largest absolute Gasteiger partial charge is 0.330 e. The lowest BCUT2D eigenvalue weighted by Gasteiger charge is -2.11. The van der Waals surface area contributed by atoms with E-state index in [1.807, 2.05) is 48.5 Å². The monoisotopic (exact) mass is 476 g/mol. The summed E-state index contributed by atoms with van der Waals surface area (Å²) in [5.41, 5.74) is 4.09. The molecule has 0 saturated carbocycles. The summed E-state index contributed by atoms with van der Waals surface area (Å²) in [6, 6.07) is 15.9. The molecule has 0 spiro atoms. The Kier molecular flexibility index (Phi) is 7.58. The number of nitrogens with zero attached hydrogens (tertiary/aromatic N) is 5. The van der Waals surface area contributed by atoms with Crippen molar-refractivity contribution >= 4 is 0 Å². The minimum absolute atomic E-state index is 0.269. The lowest BCUT2D eigenvalue weighted by Crippen LogP contribution is -2.26. The maximum absolute atomic E-state index is 15.3. The molecule has 184 valence electrons. The Morgan fingerprint density at radius 2 is 1.60 bits per heavy atom. The van der Waals surface area contributed by atoms with Crippen LogP contribution < -0.4 is 5.69 Å². The maximum atomic E-state index is 15.3. The molecule has 7 nitrogen and oxygen atoms in total. The van der Waals surface area contributed by atoms with Crippen molar-refractivity contribution in [2.24, 2.45) is 11.8 Å². The summed E-state index contributed by atoms with van der Waals surface area (Å²) in [7, 11) is 0. The van der Waals surface area contributed by atoms with E-state index in [9.17, 15) is 4.79 Å². The molecule has 0 aliphatic heterocycles. The van der Waals surface area contributed by atoms with Crippen LogP contribution in [0.1, 0.15) is 51.8 Å². The number of H-pyrrole nitrogens is 1. The first-order chi connectivity index (χ1) is 16.8. The van der Waals surface area contributed by atoms with Crippen molar-refractivity contribution in [3.8, 4) is 22.5 Å². The van der Waals surface area contributed by atoms with Gasteiger partial charge in [0.25, 0.3) is 0 Å². The molecule has 0 saturated heterocycles. The molecular formula is C27H33FN6O. The van der Waals surface area contributed by atoms with Gasteiger partial charge in [-0.15, -0.1) is 5.10 Å². The van der Waals surface area contributed by atoms with E-state index in [4.69, 9.17) is 0 Å². The predicted octanol–water partition coefficient (Wildman–Crippen LogP) is 5.32. The molecule has 0 fully saturated rings. The number of imidazole rings is 1. The van der Waals surface area contributed by atoms with Crippen molar-refractivity contribution < 1.29 is 4.39 Å². The lowest BCUT2D eigenvalue weighted by molar-refractivity contribution is 0.432. The fourth-order valence-electron chi connectivity index (χ4n) is 4.21. The lowest BCUT2D eigenvalue weighted by atomic mass is 9.98. The summed E-state index contributed by atoms with van der Waals surface area (Å²) in [5, 5.41) is 14.2. The zero-order valence-electron chi connectivity index (χ0n) is 20.8. The van der Waals surface area contributed by atoms with Gasteiger partial charge in [-0.05, 0) is 58.2 Å². The maximum Gasteiger partial charge on any atom is 0.330 e. The topological polar surface area (TPSA) is 81.4 Å². The van der Waals surface area contributed by atoms with Crippen molar-refractivity contribution in [1.82, 2.24) is 29.8 Å². The third-order valence-electron chi connectivity index (χ3n) is 6.28. The van der Waals surface area contributed by atoms with Crippen molar-refractivity contribution in [3.63, 3.8) is 0 Å². The average molecular weight is 477 g/mol. The molecule has 4 rings (SSSR count). The molecule has 0 unspecified atom stereocenters. The van der Waals surface area contributed by atoms with Crippen molar-refractivity contribution in [2.75, 3.05) is 0 Å². The van der Waals surface area contributed by atoms with Gasteiger partial charge >= 0.3 is 5.69 Å². The van der Waals surface area contributed by atoms with Gasteiger partial charge in [0.2, 0.25) is 5.95 Å². The minimum atomic E-state index is -0.387. The van der Waals surface area contributed by atoms with E-state index in [0.717, 1.165) is 35.1 Å². The standard InChI is InChI=1S/C27H33FN6O/c1-18(2)9-14-24-25(28)33(16-15-19(3)4)27(35)34(24)17-20-10-12-21(13-11-20)22-7-5-6-8-23(22)26-29-31-32-30-26/h5-8,10-13,18-19H,9,14-17H2,1-4H3,(H,29,30,31,32). The molecule has 2 aromatic carbocycles. The second-order valence-corrected chi connectivity index (χ2v) is 9.87. The number of hydrogen-bond donors (Lipinski definition) is 1. The number of nitrogens with one attached hydrogen (secondary N) is 1. The van der Waals surface area contributed by atoms with Crippen LogP contribution in [0, 0.1) is 17.8 Å². The molecule has 0 aliphatic rings. The molecule has 1 N–H and O–H groups in total. The van der Waals surface area contributed by atoms with Gasteiger partial charge in [-0.3, -0.25) is 9.13 Å². The highest BCUT2D eigenvalue weighted by Gasteiger charge is 2.20. The van der Waals surface area contributed by atoms with Crippen LogP contribution in [0.25, 0.3) is 22.5 Å². The SMILES string of the molecule is CC(C)CCc1c(F)n(CCC(C)C)c(=O)n1Cc1ccc(-c2ccccc2-c2nnn[nH]2)cc1. The van der Waals surface area contributed by atoms with Crippen molar-refractivity contribution in [3.05, 3.63) is 76.2 Å². The number of halogens is 1. The van der Waals surface area contributed by atoms with Gasteiger partial charge in [-0.25, -0.2) is 9.89 Å². The van der Waals surface area contributed by atoms with Crippen LogP contribution in [-0.4, -0.2) is 29.8 Å². The molecular weight excluding hydrogens is 443 g/mol. The van der Waals surface area contributed by atoms with Crippen LogP contribution in [0.3, 0.4) is 0 Å².